The fourth-order valence-electron chi connectivity index (χ4n) is 4.28. The number of rotatable bonds is 10. The van der Waals surface area contributed by atoms with Crippen LogP contribution in [0.2, 0.25) is 0 Å². The highest BCUT2D eigenvalue weighted by Crippen LogP contribution is 2.41. The number of para-hydroxylation sites is 1. The first-order valence-electron chi connectivity index (χ1n) is 11.9. The van der Waals surface area contributed by atoms with E-state index in [-0.39, 0.29) is 0 Å². The molecule has 0 saturated carbocycles. The smallest absolute Gasteiger partial charge is 0.297 e. The van der Waals surface area contributed by atoms with E-state index in [9.17, 15) is 13.2 Å². The topological polar surface area (TPSA) is 18.8 Å². The molecule has 0 atom stereocenters. The molecule has 1 heterocycles. The second-order valence-corrected chi connectivity index (χ2v) is 8.55. The summed E-state index contributed by atoms with van der Waals surface area (Å²) < 4.78 is 40.2. The Kier molecular flexibility index (Phi) is 8.35. The Hall–Kier alpha value is -2.60. The summed E-state index contributed by atoms with van der Waals surface area (Å²) in [5, 5.41) is 0. The third-order valence-corrected chi connectivity index (χ3v) is 5.90. The quantitative estimate of drug-likeness (QED) is 0.364. The lowest BCUT2D eigenvalue weighted by Gasteiger charge is -2.36. The number of nitrogens with zero attached hydrogens (tertiary/aromatic N) is 3. The molecule has 178 valence electrons. The Bertz CT molecular complexity index is 994. The molecular weight excluding hydrogens is 423 g/mol. The molecule has 0 spiro atoms. The lowest BCUT2D eigenvalue weighted by Crippen LogP contribution is -2.42. The first kappa shape index (κ1) is 25.0. The van der Waals surface area contributed by atoms with Crippen molar-refractivity contribution in [1.82, 2.24) is 4.90 Å². The second kappa shape index (κ2) is 11.0. The van der Waals surface area contributed by atoms with Crippen LogP contribution in [0.3, 0.4) is 0 Å². The number of unbranched alkanes of at least 4 members (excludes halogenated alkanes) is 1. The Labute approximate surface area is 195 Å². The molecule has 3 rings (SSSR count). The Morgan fingerprint density at radius 2 is 1.73 bits per heavy atom. The average molecular weight is 458 g/mol. The van der Waals surface area contributed by atoms with Crippen molar-refractivity contribution in [3.05, 3.63) is 65.7 Å². The van der Waals surface area contributed by atoms with E-state index in [0.717, 1.165) is 68.8 Å². The normalized spacial score (nSPS) is 14.0. The van der Waals surface area contributed by atoms with E-state index in [1.165, 1.54) is 11.6 Å². The molecule has 3 nitrogen and oxygen atoms in total. The maximum atomic E-state index is 13.4. The van der Waals surface area contributed by atoms with Crippen molar-refractivity contribution in [3.63, 3.8) is 0 Å². The van der Waals surface area contributed by atoms with Crippen molar-refractivity contribution in [2.45, 2.75) is 59.1 Å². The number of halogens is 3. The Morgan fingerprint density at radius 3 is 2.39 bits per heavy atom. The molecular formula is C27H34F3N3. The van der Waals surface area contributed by atoms with Gasteiger partial charge in [-0.1, -0.05) is 64.5 Å². The average Bonchev–Trinajstić information content (AvgIpc) is 2.78. The predicted octanol–water partition coefficient (Wildman–Crippen LogP) is 7.69. The molecule has 0 saturated heterocycles. The van der Waals surface area contributed by atoms with Crippen LogP contribution in [0.25, 0.3) is 5.70 Å². The number of benzene rings is 2. The summed E-state index contributed by atoms with van der Waals surface area (Å²) in [7, 11) is 0. The van der Waals surface area contributed by atoms with Gasteiger partial charge in [0, 0.05) is 11.3 Å². The van der Waals surface area contributed by atoms with Crippen LogP contribution < -0.4 is 4.90 Å². The maximum absolute atomic E-state index is 13.4. The fraction of sp³-hybridized carbons (Fsp3) is 0.444. The molecule has 1 aliphatic rings. The van der Waals surface area contributed by atoms with Crippen molar-refractivity contribution in [3.8, 4) is 0 Å². The van der Waals surface area contributed by atoms with E-state index < -0.39 is 11.7 Å². The zero-order chi connectivity index (χ0) is 24.0. The highest BCUT2D eigenvalue weighted by atomic mass is 19.4. The Balaban J connectivity index is 2.11. The van der Waals surface area contributed by atoms with Crippen LogP contribution in [0.5, 0.6) is 0 Å². The number of anilines is 1. The van der Waals surface area contributed by atoms with Gasteiger partial charge >= 0.3 is 6.18 Å². The number of alkyl halides is 3. The van der Waals surface area contributed by atoms with Gasteiger partial charge in [-0.05, 0) is 56.1 Å². The van der Waals surface area contributed by atoms with Crippen LogP contribution >= 0.6 is 0 Å². The van der Waals surface area contributed by atoms with Gasteiger partial charge < -0.3 is 0 Å². The molecule has 1 aliphatic heterocycles. The molecule has 0 fully saturated rings. The van der Waals surface area contributed by atoms with E-state index in [4.69, 9.17) is 4.99 Å². The van der Waals surface area contributed by atoms with Crippen LogP contribution in [0, 0.1) is 0 Å². The van der Waals surface area contributed by atoms with Gasteiger partial charge in [-0.3, -0.25) is 9.80 Å². The maximum Gasteiger partial charge on any atom is 0.416 e. The van der Waals surface area contributed by atoms with Crippen molar-refractivity contribution in [1.29, 1.82) is 0 Å². The largest absolute Gasteiger partial charge is 0.416 e. The molecule has 0 aromatic heterocycles. The minimum Gasteiger partial charge on any atom is -0.297 e. The summed E-state index contributed by atoms with van der Waals surface area (Å²) >= 11 is 0. The minimum atomic E-state index is -4.41. The van der Waals surface area contributed by atoms with Gasteiger partial charge in [-0.2, -0.15) is 13.2 Å². The molecule has 0 N–H and O–H groups in total. The monoisotopic (exact) mass is 457 g/mol. The highest BCUT2D eigenvalue weighted by Gasteiger charge is 2.33. The Morgan fingerprint density at radius 1 is 0.970 bits per heavy atom. The van der Waals surface area contributed by atoms with Gasteiger partial charge in [0.1, 0.15) is 5.84 Å². The molecule has 0 unspecified atom stereocenters. The van der Waals surface area contributed by atoms with E-state index >= 15 is 0 Å². The first-order valence-corrected chi connectivity index (χ1v) is 11.9. The summed E-state index contributed by atoms with van der Waals surface area (Å²) in [5.74, 6) is 0.722. The molecule has 2 aromatic rings. The van der Waals surface area contributed by atoms with Crippen LogP contribution in [0.15, 0.2) is 54.0 Å². The number of hydrogen-bond acceptors (Lipinski definition) is 3. The number of aliphatic imine (C=N–C) groups is 1. The molecule has 0 bridgehead atoms. The van der Waals surface area contributed by atoms with Crippen molar-refractivity contribution in [2.24, 2.45) is 4.99 Å². The van der Waals surface area contributed by atoms with Gasteiger partial charge in [-0.25, -0.2) is 4.99 Å². The van der Waals surface area contributed by atoms with E-state index in [1.54, 1.807) is 0 Å². The molecule has 0 aliphatic carbocycles. The zero-order valence-electron chi connectivity index (χ0n) is 19.9. The van der Waals surface area contributed by atoms with Crippen LogP contribution in [-0.2, 0) is 12.6 Å². The second-order valence-electron chi connectivity index (χ2n) is 8.55. The summed E-state index contributed by atoms with van der Waals surface area (Å²) in [6.07, 6.45) is 0.635. The zero-order valence-corrected chi connectivity index (χ0v) is 19.9. The van der Waals surface area contributed by atoms with Gasteiger partial charge in [-0.15, -0.1) is 0 Å². The van der Waals surface area contributed by atoms with Gasteiger partial charge in [0.25, 0.3) is 0 Å². The molecule has 2 aromatic carbocycles. The summed E-state index contributed by atoms with van der Waals surface area (Å²) in [6.45, 7) is 13.1. The van der Waals surface area contributed by atoms with Crippen molar-refractivity contribution >= 4 is 22.9 Å². The van der Waals surface area contributed by atoms with Crippen LogP contribution in [0.1, 0.15) is 63.1 Å². The van der Waals surface area contributed by atoms with Gasteiger partial charge in [0.2, 0.25) is 0 Å². The number of aryl methyl sites for hydroxylation is 1. The van der Waals surface area contributed by atoms with Gasteiger partial charge in [0.15, 0.2) is 0 Å². The SMILES string of the molecule is C=C1c2ccc(C(F)(F)F)cc2N=C(CN(CCC)CCCC)N1c1ccccc1CCC. The van der Waals surface area contributed by atoms with Crippen molar-refractivity contribution < 1.29 is 13.2 Å². The van der Waals surface area contributed by atoms with E-state index in [0.29, 0.717) is 23.5 Å². The lowest BCUT2D eigenvalue weighted by atomic mass is 10.0. The molecule has 6 heteroatoms. The third-order valence-electron chi connectivity index (χ3n) is 5.90. The predicted molar refractivity (Wildman–Crippen MR) is 132 cm³/mol. The van der Waals surface area contributed by atoms with Crippen LogP contribution in [-0.4, -0.2) is 30.4 Å². The molecule has 33 heavy (non-hydrogen) atoms. The minimum absolute atomic E-state index is 0.334. The number of amidine groups is 1. The fourth-order valence-corrected chi connectivity index (χ4v) is 4.28. The third kappa shape index (κ3) is 5.85. The summed E-state index contributed by atoms with van der Waals surface area (Å²) in [6, 6.07) is 11.9. The summed E-state index contributed by atoms with van der Waals surface area (Å²) in [4.78, 5) is 9.19. The van der Waals surface area contributed by atoms with Gasteiger partial charge in [0.05, 0.1) is 23.5 Å². The van der Waals surface area contributed by atoms with Crippen molar-refractivity contribution in [2.75, 3.05) is 24.5 Å². The number of hydrogen-bond donors (Lipinski definition) is 0. The van der Waals surface area contributed by atoms with Crippen LogP contribution in [0.4, 0.5) is 24.5 Å². The lowest BCUT2D eigenvalue weighted by molar-refractivity contribution is -0.137. The summed E-state index contributed by atoms with van der Waals surface area (Å²) in [5.41, 5.74) is 3.13. The number of fused-ring (bicyclic) bond motifs is 1. The van der Waals surface area contributed by atoms with E-state index in [2.05, 4.69) is 49.3 Å². The highest BCUT2D eigenvalue weighted by molar-refractivity contribution is 6.14. The molecule has 0 radical (unpaired) electrons. The molecule has 0 amide bonds. The first-order chi connectivity index (χ1) is 15.8. The van der Waals surface area contributed by atoms with E-state index in [1.807, 2.05) is 12.1 Å². The standard InChI is InChI=1S/C27H34F3N3/c1-5-8-17-32(16-7-3)19-26-31-24-18-22(27(28,29)30)14-15-23(24)20(4)33(26)25-13-10-9-12-21(25)11-6-2/h9-10,12-15,18H,4-8,11,16-17,19H2,1-3H3.